The van der Waals surface area contributed by atoms with Gasteiger partial charge >= 0.3 is 5.97 Å². The Kier molecular flexibility index (Phi) is 2.49. The molecule has 0 aliphatic heterocycles. The molecule has 0 radical (unpaired) electrons. The van der Waals surface area contributed by atoms with E-state index in [1.54, 1.807) is 0 Å². The SMILES string of the molecule is CCC1CC1C[C@H](N)C(=O)O. The first-order valence-corrected chi connectivity index (χ1v) is 4.13. The van der Waals surface area contributed by atoms with E-state index in [2.05, 4.69) is 6.92 Å². The molecular formula is C8H15NO2. The van der Waals surface area contributed by atoms with Crippen molar-refractivity contribution in [1.82, 2.24) is 0 Å². The average molecular weight is 157 g/mol. The summed E-state index contributed by atoms with van der Waals surface area (Å²) in [5, 5.41) is 8.49. The van der Waals surface area contributed by atoms with Gasteiger partial charge in [0.15, 0.2) is 0 Å². The lowest BCUT2D eigenvalue weighted by Crippen LogP contribution is -2.30. The normalized spacial score (nSPS) is 31.5. The molecule has 1 saturated carbocycles. The second-order valence-corrected chi connectivity index (χ2v) is 3.34. The number of hydrogen-bond acceptors (Lipinski definition) is 2. The highest BCUT2D eigenvalue weighted by atomic mass is 16.4. The van der Waals surface area contributed by atoms with Gasteiger partial charge in [-0.2, -0.15) is 0 Å². The van der Waals surface area contributed by atoms with E-state index in [0.717, 1.165) is 12.3 Å². The quantitative estimate of drug-likeness (QED) is 0.635. The summed E-state index contributed by atoms with van der Waals surface area (Å²) in [7, 11) is 0. The van der Waals surface area contributed by atoms with Gasteiger partial charge in [0.2, 0.25) is 0 Å². The zero-order valence-electron chi connectivity index (χ0n) is 6.79. The molecule has 1 rings (SSSR count). The second-order valence-electron chi connectivity index (χ2n) is 3.34. The van der Waals surface area contributed by atoms with Gasteiger partial charge in [0.25, 0.3) is 0 Å². The third-order valence-electron chi connectivity index (χ3n) is 2.47. The molecule has 1 aliphatic carbocycles. The summed E-state index contributed by atoms with van der Waals surface area (Å²) in [5.74, 6) is 0.471. The van der Waals surface area contributed by atoms with Crippen LogP contribution in [0.3, 0.4) is 0 Å². The van der Waals surface area contributed by atoms with Crippen molar-refractivity contribution in [3.05, 3.63) is 0 Å². The standard InChI is InChI=1S/C8H15NO2/c1-2-5-3-6(5)4-7(9)8(10)11/h5-7H,2-4,9H2,1H3,(H,10,11)/t5?,6?,7-/m0/s1. The van der Waals surface area contributed by atoms with E-state index in [0.29, 0.717) is 12.3 Å². The first-order valence-electron chi connectivity index (χ1n) is 4.13. The Morgan fingerprint density at radius 3 is 2.73 bits per heavy atom. The summed E-state index contributed by atoms with van der Waals surface area (Å²) in [6.07, 6.45) is 3.00. The Balaban J connectivity index is 2.18. The second kappa shape index (κ2) is 3.22. The molecule has 1 aliphatic rings. The zero-order valence-corrected chi connectivity index (χ0v) is 6.79. The van der Waals surface area contributed by atoms with Crippen LogP contribution in [-0.4, -0.2) is 17.1 Å². The first kappa shape index (κ1) is 8.53. The Morgan fingerprint density at radius 2 is 2.36 bits per heavy atom. The molecule has 0 aromatic rings. The highest BCUT2D eigenvalue weighted by molar-refractivity contribution is 5.73. The van der Waals surface area contributed by atoms with Crippen molar-refractivity contribution in [3.63, 3.8) is 0 Å². The lowest BCUT2D eigenvalue weighted by Gasteiger charge is -2.03. The van der Waals surface area contributed by atoms with Crippen molar-refractivity contribution < 1.29 is 9.90 Å². The van der Waals surface area contributed by atoms with Gasteiger partial charge in [0.1, 0.15) is 6.04 Å². The van der Waals surface area contributed by atoms with Crippen molar-refractivity contribution in [2.24, 2.45) is 17.6 Å². The van der Waals surface area contributed by atoms with Crippen molar-refractivity contribution in [2.75, 3.05) is 0 Å². The number of carboxylic acid groups (broad SMARTS) is 1. The molecule has 2 unspecified atom stereocenters. The summed E-state index contributed by atoms with van der Waals surface area (Å²) in [4.78, 5) is 10.3. The molecule has 3 atom stereocenters. The van der Waals surface area contributed by atoms with Crippen molar-refractivity contribution >= 4 is 5.97 Å². The lowest BCUT2D eigenvalue weighted by molar-refractivity contribution is -0.138. The van der Waals surface area contributed by atoms with Crippen LogP contribution >= 0.6 is 0 Å². The van der Waals surface area contributed by atoms with Crippen LogP contribution in [0.25, 0.3) is 0 Å². The number of nitrogens with two attached hydrogens (primary N) is 1. The van der Waals surface area contributed by atoms with Crippen LogP contribution in [0, 0.1) is 11.8 Å². The Labute approximate surface area is 66.6 Å². The fourth-order valence-electron chi connectivity index (χ4n) is 1.53. The summed E-state index contributed by atoms with van der Waals surface area (Å²) >= 11 is 0. The number of hydrogen-bond donors (Lipinski definition) is 2. The summed E-state index contributed by atoms with van der Waals surface area (Å²) in [5.41, 5.74) is 5.37. The van der Waals surface area contributed by atoms with E-state index in [1.807, 2.05) is 0 Å². The third-order valence-corrected chi connectivity index (χ3v) is 2.47. The molecule has 0 amide bonds. The largest absolute Gasteiger partial charge is 0.480 e. The van der Waals surface area contributed by atoms with Crippen molar-refractivity contribution in [2.45, 2.75) is 32.2 Å². The topological polar surface area (TPSA) is 63.3 Å². The van der Waals surface area contributed by atoms with E-state index in [1.165, 1.54) is 6.42 Å². The average Bonchev–Trinajstić information content (AvgIpc) is 2.67. The fourth-order valence-corrected chi connectivity index (χ4v) is 1.53. The molecule has 3 N–H and O–H groups in total. The van der Waals surface area contributed by atoms with Gasteiger partial charge in [0, 0.05) is 0 Å². The minimum Gasteiger partial charge on any atom is -0.480 e. The first-order chi connectivity index (χ1) is 5.15. The number of aliphatic carboxylic acids is 1. The summed E-state index contributed by atoms with van der Waals surface area (Å²) < 4.78 is 0. The molecular weight excluding hydrogens is 142 g/mol. The Hall–Kier alpha value is -0.570. The molecule has 1 fully saturated rings. The van der Waals surface area contributed by atoms with Crippen LogP contribution in [0.4, 0.5) is 0 Å². The molecule has 0 aromatic carbocycles. The summed E-state index contributed by atoms with van der Waals surface area (Å²) in [6, 6.07) is -0.642. The van der Waals surface area contributed by atoms with Gasteiger partial charge in [-0.15, -0.1) is 0 Å². The fraction of sp³-hybridized carbons (Fsp3) is 0.875. The van der Waals surface area contributed by atoms with E-state index in [9.17, 15) is 4.79 Å². The number of rotatable bonds is 4. The molecule has 0 spiro atoms. The zero-order chi connectivity index (χ0) is 8.43. The predicted octanol–water partition coefficient (Wildman–Crippen LogP) is 0.834. The third kappa shape index (κ3) is 2.19. The smallest absolute Gasteiger partial charge is 0.320 e. The minimum absolute atomic E-state index is 0.589. The van der Waals surface area contributed by atoms with Gasteiger partial charge in [-0.1, -0.05) is 13.3 Å². The van der Waals surface area contributed by atoms with Crippen LogP contribution in [0.2, 0.25) is 0 Å². The Morgan fingerprint density at radius 1 is 1.73 bits per heavy atom. The molecule has 3 nitrogen and oxygen atoms in total. The number of carbonyl (C=O) groups is 1. The van der Waals surface area contributed by atoms with Gasteiger partial charge in [-0.3, -0.25) is 4.79 Å². The highest BCUT2D eigenvalue weighted by Gasteiger charge is 2.37. The molecule has 64 valence electrons. The van der Waals surface area contributed by atoms with E-state index in [-0.39, 0.29) is 0 Å². The summed E-state index contributed by atoms with van der Waals surface area (Å²) in [6.45, 7) is 2.14. The molecule has 0 aromatic heterocycles. The predicted molar refractivity (Wildman–Crippen MR) is 42.1 cm³/mol. The molecule has 0 saturated heterocycles. The maximum absolute atomic E-state index is 10.3. The van der Waals surface area contributed by atoms with Crippen LogP contribution in [0.1, 0.15) is 26.2 Å². The van der Waals surface area contributed by atoms with Gasteiger partial charge in [0.05, 0.1) is 0 Å². The molecule has 11 heavy (non-hydrogen) atoms. The molecule has 0 heterocycles. The van der Waals surface area contributed by atoms with Crippen LogP contribution in [0.5, 0.6) is 0 Å². The van der Waals surface area contributed by atoms with E-state index in [4.69, 9.17) is 10.8 Å². The Bertz CT molecular complexity index is 158. The minimum atomic E-state index is -0.869. The van der Waals surface area contributed by atoms with Gasteiger partial charge < -0.3 is 10.8 Å². The van der Waals surface area contributed by atoms with Crippen LogP contribution < -0.4 is 5.73 Å². The lowest BCUT2D eigenvalue weighted by atomic mass is 10.1. The van der Waals surface area contributed by atoms with Crippen LogP contribution in [-0.2, 0) is 4.79 Å². The highest BCUT2D eigenvalue weighted by Crippen LogP contribution is 2.43. The van der Waals surface area contributed by atoms with Gasteiger partial charge in [-0.25, -0.2) is 0 Å². The number of carboxylic acids is 1. The van der Waals surface area contributed by atoms with Crippen molar-refractivity contribution in [1.29, 1.82) is 0 Å². The van der Waals surface area contributed by atoms with E-state index >= 15 is 0 Å². The van der Waals surface area contributed by atoms with Gasteiger partial charge in [-0.05, 0) is 24.7 Å². The van der Waals surface area contributed by atoms with E-state index < -0.39 is 12.0 Å². The molecule has 3 heteroatoms. The van der Waals surface area contributed by atoms with Crippen LogP contribution in [0.15, 0.2) is 0 Å². The molecule has 0 bridgehead atoms. The monoisotopic (exact) mass is 157 g/mol. The maximum atomic E-state index is 10.3. The van der Waals surface area contributed by atoms with Crippen molar-refractivity contribution in [3.8, 4) is 0 Å². The maximum Gasteiger partial charge on any atom is 0.320 e.